The second-order valence-corrected chi connectivity index (χ2v) is 23.6. The third kappa shape index (κ3) is 13.6. The summed E-state index contributed by atoms with van der Waals surface area (Å²) in [6.07, 6.45) is 12.3. The van der Waals surface area contributed by atoms with Gasteiger partial charge in [-0.15, -0.1) is 0 Å². The molecule has 2 saturated heterocycles. The quantitative estimate of drug-likeness (QED) is 0.0512. The fraction of sp³-hybridized carbons (Fsp3) is 0.455. The number of hydrogen-bond acceptors (Lipinski definition) is 8. The van der Waals surface area contributed by atoms with Crippen LogP contribution in [-0.2, 0) is 59.3 Å². The summed E-state index contributed by atoms with van der Waals surface area (Å²) in [5.41, 5.74) is 12.2. The summed E-state index contributed by atoms with van der Waals surface area (Å²) in [5.74, 6) is -0.150. The van der Waals surface area contributed by atoms with Crippen LogP contribution >= 0.6 is 0 Å². The molecule has 15 heteroatoms. The van der Waals surface area contributed by atoms with Crippen LogP contribution in [-0.4, -0.2) is 97.5 Å². The molecule has 434 valence electrons. The summed E-state index contributed by atoms with van der Waals surface area (Å²) < 4.78 is 11.1. The minimum atomic E-state index is -0.950. The standard InChI is InChI=1S/C47H52N4O5.C11H13NO.C8H14NO2.Fm/c1-29-22-31-20-21-32(23-33(31)25-50(29)28-52)34-24-42(44(53)48-41-19-11-13-30-12-5-6-14-35(30)41)51(26-34)45(54)43(47(2,3)4)49-46(55)56-27-40-38-17-9-7-15-36(38)37-16-8-10-18-39(37)40;13-8-12-11-7-3-5-9-4-1-2-6-10(9)11;1-7(9-6-10)8-2-4-11-5-3-8;/h5-10,12,14-18,20-21,23,28-29,34,40-43H,11,13,19,22,24-27H2,1-4H3,(H,48,53)(H,49,55);1-2,4,6,8,11H,3,5,7H2,(H,12,13);7-8H,2-5H2,1H3,(H,9,10);/q;;-1;/t29?,34?,41-,42+,43-;;;/m1.../s1. The van der Waals surface area contributed by atoms with E-state index in [1.54, 1.807) is 11.3 Å². The van der Waals surface area contributed by atoms with E-state index in [4.69, 9.17) is 9.47 Å². The molecule has 0 bridgehead atoms. The van der Waals surface area contributed by atoms with Gasteiger partial charge >= 0.3 is 6.09 Å². The zero-order valence-electron chi connectivity index (χ0n) is 47.4. The molecule has 7 atom stereocenters. The first kappa shape index (κ1) is 58.8. The van der Waals surface area contributed by atoms with E-state index in [1.807, 2.05) is 75.1 Å². The molecule has 3 aliphatic carbocycles. The van der Waals surface area contributed by atoms with Gasteiger partial charge in [0.25, 0.3) is 0 Å². The Morgan fingerprint density at radius 1 is 0.765 bits per heavy atom. The van der Waals surface area contributed by atoms with Crippen molar-refractivity contribution in [2.75, 3.05) is 26.4 Å². The number of ether oxygens (including phenoxy) is 2. The summed E-state index contributed by atoms with van der Waals surface area (Å²) in [6.45, 7) is 12.5. The molecule has 5 aromatic carbocycles. The maximum Gasteiger partial charge on any atom is 0.407 e. The Kier molecular flexibility index (Phi) is 19.4. The van der Waals surface area contributed by atoms with Gasteiger partial charge in [0.2, 0.25) is 24.6 Å². The largest absolute Gasteiger partial charge is 0.527 e. The average Bonchev–Trinajstić information content (AvgIpc) is 4.07. The van der Waals surface area contributed by atoms with Gasteiger partial charge in [0.1, 0.15) is 18.7 Å². The summed E-state index contributed by atoms with van der Waals surface area (Å²) in [6, 6.07) is 38.2. The molecule has 4 N–H and O–H groups in total. The first-order valence-corrected chi connectivity index (χ1v) is 28.9. The van der Waals surface area contributed by atoms with Crippen molar-refractivity contribution in [3.63, 3.8) is 0 Å². The first-order chi connectivity index (χ1) is 38.8. The fourth-order valence-electron chi connectivity index (χ4n) is 12.9. The van der Waals surface area contributed by atoms with E-state index < -0.39 is 23.6 Å². The van der Waals surface area contributed by atoms with Gasteiger partial charge in [-0.2, -0.15) is 6.41 Å². The Balaban J connectivity index is 0.000000282. The van der Waals surface area contributed by atoms with Gasteiger partial charge in [-0.1, -0.05) is 136 Å². The number of aryl methyl sites for hydroxylation is 2. The molecule has 11 rings (SSSR count). The van der Waals surface area contributed by atoms with E-state index >= 15 is 0 Å². The smallest absolute Gasteiger partial charge is 0.407 e. The molecule has 0 aromatic heterocycles. The van der Waals surface area contributed by atoms with E-state index in [0.717, 1.165) is 116 Å². The number of fused-ring (bicyclic) bond motifs is 6. The monoisotopic (exact) mass is 1340 g/mol. The van der Waals surface area contributed by atoms with Crippen molar-refractivity contribution < 1.29 is 38.2 Å². The van der Waals surface area contributed by atoms with Gasteiger partial charge < -0.3 is 45.3 Å². The zero-order chi connectivity index (χ0) is 56.3. The maximum absolute atomic E-state index is 14.9. The number of nitrogens with one attached hydrogen (secondary N) is 4. The van der Waals surface area contributed by atoms with Crippen LogP contribution in [0, 0.1) is 11.3 Å². The Labute approximate surface area is 472 Å². The summed E-state index contributed by atoms with van der Waals surface area (Å²) in [5, 5.41) is 11.8. The predicted molar refractivity (Wildman–Crippen MR) is 309 cm³/mol. The number of benzene rings is 5. The van der Waals surface area contributed by atoms with Crippen LogP contribution in [0.1, 0.15) is 154 Å². The Bertz CT molecular complexity index is 2950. The normalized spacial score (nSPS) is 21.5. The first-order valence-electron chi connectivity index (χ1n) is 28.9. The molecule has 81 heavy (non-hydrogen) atoms. The van der Waals surface area contributed by atoms with E-state index in [1.165, 1.54) is 28.7 Å². The molecule has 3 aliphatic heterocycles. The van der Waals surface area contributed by atoms with Gasteiger partial charge in [0.15, 0.2) is 0 Å². The third-order valence-electron chi connectivity index (χ3n) is 17.5. The molecule has 3 heterocycles. The van der Waals surface area contributed by atoms with Gasteiger partial charge in [0.05, 0.1) is 12.1 Å². The molecule has 2 fully saturated rings. The van der Waals surface area contributed by atoms with E-state index in [9.17, 15) is 28.8 Å². The third-order valence-corrected chi connectivity index (χ3v) is 17.5. The molecule has 0 radical (unpaired) electrons. The van der Waals surface area contributed by atoms with E-state index in [0.29, 0.717) is 25.4 Å². The molecular formula is C66H79FmN6O8-. The van der Waals surface area contributed by atoms with Crippen molar-refractivity contribution in [1.29, 1.82) is 0 Å². The van der Waals surface area contributed by atoms with Crippen molar-refractivity contribution >= 4 is 37.1 Å². The number of nitrogens with zero attached hydrogens (tertiary/aromatic N) is 2. The second-order valence-electron chi connectivity index (χ2n) is 23.6. The SMILES string of the molecule is CC(N[C-]=O)C1CCOCC1.CC1Cc2ccc(C3C[C@@H](C(=O)N[C@@H]4CCCc5ccccc54)N(C(=O)[C@@H](NC(=O)OCC4c5ccccc5-c5ccccc54)C(C)(C)C)C3)cc2CN1C=O.O=CNC1CCCc2ccccc21.[Fm]. The predicted octanol–water partition coefficient (Wildman–Crippen LogP) is 9.69. The topological polar surface area (TPSA) is 175 Å². The van der Waals surface area contributed by atoms with E-state index in [2.05, 4.69) is 101 Å². The molecule has 14 nitrogen and oxygen atoms in total. The number of hydrogen-bond donors (Lipinski definition) is 4. The molecule has 6 aliphatic rings. The van der Waals surface area contributed by atoms with Gasteiger partial charge in [0, 0.05) is 44.2 Å². The number of carbonyl (C=O) groups excluding carboxylic acids is 6. The maximum atomic E-state index is 14.9. The van der Waals surface area contributed by atoms with Crippen LogP contribution in [0.2, 0.25) is 0 Å². The van der Waals surface area contributed by atoms with Crippen molar-refractivity contribution in [3.8, 4) is 11.1 Å². The van der Waals surface area contributed by atoms with Crippen LogP contribution in [0.5, 0.6) is 0 Å². The Hall–Kier alpha value is -8.32. The second kappa shape index (κ2) is 26.8. The van der Waals surface area contributed by atoms with Crippen molar-refractivity contribution in [2.24, 2.45) is 11.3 Å². The van der Waals surface area contributed by atoms with Gasteiger partial charge in [-0.05, 0) is 157 Å². The number of likely N-dealkylation sites (tertiary alicyclic amines) is 1. The molecule has 4 unspecified atom stereocenters. The molecule has 5 aromatic rings. The van der Waals surface area contributed by atoms with Gasteiger partial charge in [-0.25, -0.2) is 4.79 Å². The summed E-state index contributed by atoms with van der Waals surface area (Å²) in [4.78, 5) is 78.7. The van der Waals surface area contributed by atoms with Crippen LogP contribution in [0.4, 0.5) is 4.79 Å². The molecule has 0 saturated carbocycles. The minimum Gasteiger partial charge on any atom is -0.527 e. The van der Waals surface area contributed by atoms with E-state index in [-0.39, 0.29) is 54.4 Å². The molecule has 0 spiro atoms. The van der Waals surface area contributed by atoms with Crippen molar-refractivity contribution in [3.05, 3.63) is 165 Å². The van der Waals surface area contributed by atoms with Crippen molar-refractivity contribution in [1.82, 2.24) is 31.1 Å². The van der Waals surface area contributed by atoms with Crippen molar-refractivity contribution in [2.45, 2.75) is 153 Å². The van der Waals surface area contributed by atoms with Crippen LogP contribution in [0.15, 0.2) is 115 Å². The zero-order valence-corrected chi connectivity index (χ0v) is 49.8. The van der Waals surface area contributed by atoms with Gasteiger partial charge in [-0.3, -0.25) is 19.2 Å². The van der Waals surface area contributed by atoms with Crippen LogP contribution in [0.3, 0.4) is 0 Å². The average molecular weight is 1340 g/mol. The summed E-state index contributed by atoms with van der Waals surface area (Å²) in [7, 11) is 0. The molecular weight excluding hydrogens is 1260 g/mol. The van der Waals surface area contributed by atoms with Crippen LogP contribution in [0.25, 0.3) is 11.1 Å². The Morgan fingerprint density at radius 3 is 1.96 bits per heavy atom. The number of rotatable bonds is 13. The molecule has 6 amide bonds. The Morgan fingerprint density at radius 2 is 1.36 bits per heavy atom. The fourth-order valence-corrected chi connectivity index (χ4v) is 12.9. The minimum absolute atomic E-state index is 0. The number of alkyl carbamates (subject to hydrolysis) is 1. The summed E-state index contributed by atoms with van der Waals surface area (Å²) >= 11 is 0. The number of carbonyl (C=O) groups is 5. The number of amides is 6. The van der Waals surface area contributed by atoms with Crippen LogP contribution < -0.4 is 21.3 Å².